The number of carbonyl (C=O) groups is 2. The largest absolute Gasteiger partial charge is 0.480 e. The Morgan fingerprint density at radius 3 is 2.65 bits per heavy atom. The SMILES string of the molecule is Cc1nccc(CNC(=O)N[C@H](CC(C)C)C(=O)O)n1. The zero-order valence-electron chi connectivity index (χ0n) is 11.9. The van der Waals surface area contributed by atoms with Crippen molar-refractivity contribution in [3.05, 3.63) is 23.8 Å². The van der Waals surface area contributed by atoms with E-state index in [0.29, 0.717) is 17.9 Å². The fourth-order valence-corrected chi connectivity index (χ4v) is 1.68. The predicted molar refractivity (Wildman–Crippen MR) is 73.0 cm³/mol. The van der Waals surface area contributed by atoms with Gasteiger partial charge in [-0.1, -0.05) is 13.8 Å². The molecule has 0 aliphatic heterocycles. The quantitative estimate of drug-likeness (QED) is 0.723. The van der Waals surface area contributed by atoms with E-state index in [-0.39, 0.29) is 12.5 Å². The van der Waals surface area contributed by atoms with E-state index in [1.165, 1.54) is 0 Å². The first-order valence-corrected chi connectivity index (χ1v) is 6.44. The Balaban J connectivity index is 2.47. The normalized spacial score (nSPS) is 12.0. The van der Waals surface area contributed by atoms with Gasteiger partial charge in [-0.2, -0.15) is 0 Å². The Labute approximate surface area is 117 Å². The first-order valence-electron chi connectivity index (χ1n) is 6.44. The van der Waals surface area contributed by atoms with E-state index >= 15 is 0 Å². The molecule has 1 aromatic rings. The van der Waals surface area contributed by atoms with Crippen molar-refractivity contribution in [3.8, 4) is 0 Å². The fourth-order valence-electron chi connectivity index (χ4n) is 1.68. The van der Waals surface area contributed by atoms with Crippen molar-refractivity contribution in [1.82, 2.24) is 20.6 Å². The molecule has 0 saturated heterocycles. The van der Waals surface area contributed by atoms with Crippen LogP contribution in [0.15, 0.2) is 12.3 Å². The topological polar surface area (TPSA) is 104 Å². The molecule has 0 fully saturated rings. The molecule has 0 aliphatic carbocycles. The molecule has 0 spiro atoms. The van der Waals surface area contributed by atoms with Gasteiger partial charge in [0.15, 0.2) is 0 Å². The lowest BCUT2D eigenvalue weighted by atomic mass is 10.0. The minimum Gasteiger partial charge on any atom is -0.480 e. The lowest BCUT2D eigenvalue weighted by Crippen LogP contribution is -2.46. The summed E-state index contributed by atoms with van der Waals surface area (Å²) in [4.78, 5) is 30.8. The standard InChI is InChI=1S/C13H20N4O3/c1-8(2)6-11(12(18)19)17-13(20)15-7-10-4-5-14-9(3)16-10/h4-5,8,11H,6-7H2,1-3H3,(H,18,19)(H2,15,17,20)/t11-/m1/s1. The van der Waals surface area contributed by atoms with Gasteiger partial charge in [0.25, 0.3) is 0 Å². The molecule has 1 atom stereocenters. The van der Waals surface area contributed by atoms with Crippen LogP contribution >= 0.6 is 0 Å². The average Bonchev–Trinajstić information content (AvgIpc) is 2.35. The lowest BCUT2D eigenvalue weighted by molar-refractivity contribution is -0.139. The molecular formula is C13H20N4O3. The van der Waals surface area contributed by atoms with Crippen molar-refractivity contribution in [2.45, 2.75) is 39.8 Å². The smallest absolute Gasteiger partial charge is 0.326 e. The van der Waals surface area contributed by atoms with E-state index < -0.39 is 18.0 Å². The molecule has 0 aromatic carbocycles. The third kappa shape index (κ3) is 5.64. The van der Waals surface area contributed by atoms with E-state index in [2.05, 4.69) is 20.6 Å². The van der Waals surface area contributed by atoms with E-state index in [4.69, 9.17) is 5.11 Å². The number of aliphatic carboxylic acids is 1. The molecule has 1 aromatic heterocycles. The van der Waals surface area contributed by atoms with Crippen molar-refractivity contribution < 1.29 is 14.7 Å². The van der Waals surface area contributed by atoms with Crippen LogP contribution in [0.4, 0.5) is 4.79 Å². The number of hydrogen-bond donors (Lipinski definition) is 3. The predicted octanol–water partition coefficient (Wildman–Crippen LogP) is 1.08. The molecule has 110 valence electrons. The monoisotopic (exact) mass is 280 g/mol. The summed E-state index contributed by atoms with van der Waals surface area (Å²) in [6, 6.07) is 0.284. The molecule has 0 aliphatic rings. The molecule has 7 heteroatoms. The van der Waals surface area contributed by atoms with E-state index in [1.54, 1.807) is 19.2 Å². The van der Waals surface area contributed by atoms with E-state index in [1.807, 2.05) is 13.8 Å². The number of hydrogen-bond acceptors (Lipinski definition) is 4. The van der Waals surface area contributed by atoms with Gasteiger partial charge < -0.3 is 15.7 Å². The van der Waals surface area contributed by atoms with Gasteiger partial charge in [-0.05, 0) is 25.3 Å². The maximum absolute atomic E-state index is 11.7. The maximum atomic E-state index is 11.7. The minimum absolute atomic E-state index is 0.181. The van der Waals surface area contributed by atoms with Crippen molar-refractivity contribution in [1.29, 1.82) is 0 Å². The number of carbonyl (C=O) groups excluding carboxylic acids is 1. The molecule has 0 radical (unpaired) electrons. The van der Waals surface area contributed by atoms with Crippen LogP contribution in [-0.2, 0) is 11.3 Å². The van der Waals surface area contributed by atoms with Crippen LogP contribution in [0.2, 0.25) is 0 Å². The maximum Gasteiger partial charge on any atom is 0.326 e. The number of rotatable bonds is 6. The second-order valence-electron chi connectivity index (χ2n) is 4.94. The Morgan fingerprint density at radius 2 is 2.10 bits per heavy atom. The highest BCUT2D eigenvalue weighted by Gasteiger charge is 2.20. The van der Waals surface area contributed by atoms with Crippen LogP contribution < -0.4 is 10.6 Å². The number of carboxylic acids is 1. The molecule has 7 nitrogen and oxygen atoms in total. The van der Waals surface area contributed by atoms with Gasteiger partial charge in [-0.15, -0.1) is 0 Å². The van der Waals surface area contributed by atoms with Crippen molar-refractivity contribution >= 4 is 12.0 Å². The summed E-state index contributed by atoms with van der Waals surface area (Å²) in [5.74, 6) is -0.236. The Kier molecular flexibility index (Phi) is 5.89. The van der Waals surface area contributed by atoms with Crippen molar-refractivity contribution in [2.75, 3.05) is 0 Å². The number of amides is 2. The summed E-state index contributed by atoms with van der Waals surface area (Å²) >= 11 is 0. The minimum atomic E-state index is -1.04. The first-order chi connectivity index (χ1) is 9.38. The van der Waals surface area contributed by atoms with Gasteiger partial charge in [0.05, 0.1) is 12.2 Å². The molecule has 1 rings (SSSR count). The van der Waals surface area contributed by atoms with Crippen LogP contribution in [0.25, 0.3) is 0 Å². The number of nitrogens with zero attached hydrogens (tertiary/aromatic N) is 2. The van der Waals surface area contributed by atoms with Gasteiger partial charge in [0.1, 0.15) is 11.9 Å². The first kappa shape index (κ1) is 15.9. The second kappa shape index (κ2) is 7.42. The van der Waals surface area contributed by atoms with Gasteiger partial charge in [0, 0.05) is 6.20 Å². The van der Waals surface area contributed by atoms with Gasteiger partial charge in [0.2, 0.25) is 0 Å². The van der Waals surface area contributed by atoms with Crippen LogP contribution in [0, 0.1) is 12.8 Å². The Hall–Kier alpha value is -2.18. The summed E-state index contributed by atoms with van der Waals surface area (Å²) < 4.78 is 0. The highest BCUT2D eigenvalue weighted by molar-refractivity contribution is 5.82. The molecule has 1 heterocycles. The molecule has 0 unspecified atom stereocenters. The Morgan fingerprint density at radius 1 is 1.40 bits per heavy atom. The number of carboxylic acid groups (broad SMARTS) is 1. The van der Waals surface area contributed by atoms with Crippen molar-refractivity contribution in [3.63, 3.8) is 0 Å². The summed E-state index contributed by atoms with van der Waals surface area (Å²) in [5, 5.41) is 14.1. The second-order valence-corrected chi connectivity index (χ2v) is 4.94. The van der Waals surface area contributed by atoms with E-state index in [0.717, 1.165) is 0 Å². The van der Waals surface area contributed by atoms with Gasteiger partial charge in [-0.3, -0.25) is 0 Å². The third-order valence-corrected chi connectivity index (χ3v) is 2.57. The van der Waals surface area contributed by atoms with E-state index in [9.17, 15) is 9.59 Å². The average molecular weight is 280 g/mol. The molecule has 2 amide bonds. The zero-order valence-corrected chi connectivity index (χ0v) is 11.9. The van der Waals surface area contributed by atoms with Crippen LogP contribution in [0.3, 0.4) is 0 Å². The van der Waals surface area contributed by atoms with Crippen molar-refractivity contribution in [2.24, 2.45) is 5.92 Å². The third-order valence-electron chi connectivity index (χ3n) is 2.57. The molecule has 0 bridgehead atoms. The van der Waals surface area contributed by atoms with Gasteiger partial charge >= 0.3 is 12.0 Å². The summed E-state index contributed by atoms with van der Waals surface area (Å²) in [6.45, 7) is 5.79. The number of urea groups is 1. The lowest BCUT2D eigenvalue weighted by Gasteiger charge is -2.16. The highest BCUT2D eigenvalue weighted by atomic mass is 16.4. The summed E-state index contributed by atoms with van der Waals surface area (Å²) in [5.41, 5.74) is 0.670. The molecular weight excluding hydrogens is 260 g/mol. The van der Waals surface area contributed by atoms with Gasteiger partial charge in [-0.25, -0.2) is 19.6 Å². The Bertz CT molecular complexity index is 476. The molecule has 20 heavy (non-hydrogen) atoms. The molecule has 0 saturated carbocycles. The summed E-state index contributed by atoms with van der Waals surface area (Å²) in [6.07, 6.45) is 1.99. The number of nitrogens with one attached hydrogen (secondary N) is 2. The zero-order chi connectivity index (χ0) is 15.1. The number of aryl methyl sites for hydroxylation is 1. The van der Waals surface area contributed by atoms with Crippen LogP contribution in [0.5, 0.6) is 0 Å². The molecule has 3 N–H and O–H groups in total. The van der Waals surface area contributed by atoms with Crippen LogP contribution in [0.1, 0.15) is 31.8 Å². The highest BCUT2D eigenvalue weighted by Crippen LogP contribution is 2.04. The van der Waals surface area contributed by atoms with Crippen LogP contribution in [-0.4, -0.2) is 33.1 Å². The fraction of sp³-hybridized carbons (Fsp3) is 0.538. The summed E-state index contributed by atoms with van der Waals surface area (Å²) in [7, 11) is 0. The number of aromatic nitrogens is 2.